The largest absolute Gasteiger partial charge is 2.00 e. The van der Waals surface area contributed by atoms with Crippen molar-refractivity contribution in [3.05, 3.63) is 35.1 Å². The van der Waals surface area contributed by atoms with E-state index in [-0.39, 0.29) is 51.2 Å². The molecule has 11 nitrogen and oxygen atoms in total. The van der Waals surface area contributed by atoms with Gasteiger partial charge in [0.2, 0.25) is 0 Å². The standard InChI is InChI=1S/C18H24N6O5.W/c1-28-13-4-6-24(11-13)18(27)14-7-12(3-5-19)15(23-22-14)8-21-16(29-2)9-20-10-17(25)26;/h7,13,20H,3-6,10-11,19H2,1-2H3,(H,25,26);/q-2;+2. The van der Waals surface area contributed by atoms with E-state index in [2.05, 4.69) is 32.9 Å². The number of nitrogens with zero attached hydrogens (tertiary/aromatic N) is 4. The monoisotopic (exact) mass is 588 g/mol. The van der Waals surface area contributed by atoms with Gasteiger partial charge in [0.25, 0.3) is 5.91 Å². The minimum absolute atomic E-state index is 0. The quantitative estimate of drug-likeness (QED) is 0.136. The molecule has 1 aromatic heterocycles. The topological polar surface area (TPSA) is 152 Å². The number of carbonyl (C=O) groups is 2. The molecule has 1 saturated heterocycles. The number of aromatic nitrogens is 2. The van der Waals surface area contributed by atoms with Gasteiger partial charge in [-0.2, -0.15) is 5.10 Å². The molecule has 0 spiro atoms. The van der Waals surface area contributed by atoms with Gasteiger partial charge < -0.3 is 41.7 Å². The van der Waals surface area contributed by atoms with Crippen LogP contribution in [0.3, 0.4) is 0 Å². The molecule has 0 aromatic carbocycles. The average molecular weight is 588 g/mol. The van der Waals surface area contributed by atoms with Crippen LogP contribution in [-0.2, 0) is 41.8 Å². The molecular formula is C18H24N6O5W. The van der Waals surface area contributed by atoms with Crippen LogP contribution in [0, 0.1) is 6.20 Å². The van der Waals surface area contributed by atoms with Crippen LogP contribution < -0.4 is 11.1 Å². The van der Waals surface area contributed by atoms with Gasteiger partial charge in [-0.15, -0.1) is 10.7 Å². The Morgan fingerprint density at radius 3 is 2.80 bits per heavy atom. The van der Waals surface area contributed by atoms with Gasteiger partial charge in [-0.25, -0.2) is 0 Å². The minimum atomic E-state index is -1.05. The Hall–Kier alpha value is -2.36. The zero-order valence-electron chi connectivity index (χ0n) is 16.8. The van der Waals surface area contributed by atoms with Crippen LogP contribution in [0.15, 0.2) is 16.9 Å². The van der Waals surface area contributed by atoms with E-state index >= 15 is 0 Å². The fourth-order valence-electron chi connectivity index (χ4n) is 2.67. The number of likely N-dealkylation sites (tertiary alicyclic amines) is 1. The van der Waals surface area contributed by atoms with E-state index in [1.54, 1.807) is 18.1 Å². The number of ether oxygens (including phenoxy) is 2. The molecular weight excluding hydrogens is 564 g/mol. The van der Waals surface area contributed by atoms with Crippen molar-refractivity contribution < 1.29 is 45.2 Å². The third-order valence-electron chi connectivity index (χ3n) is 4.16. The van der Waals surface area contributed by atoms with E-state index in [0.717, 1.165) is 6.42 Å². The minimum Gasteiger partial charge on any atom is -0.570 e. The Morgan fingerprint density at radius 2 is 2.20 bits per heavy atom. The Labute approximate surface area is 189 Å². The maximum Gasteiger partial charge on any atom is 2.00 e. The summed E-state index contributed by atoms with van der Waals surface area (Å²) < 4.78 is 10.3. The number of methoxy groups -OCH3 is 2. The summed E-state index contributed by atoms with van der Waals surface area (Å²) in [4.78, 5) is 28.8. The van der Waals surface area contributed by atoms with Gasteiger partial charge in [-0.05, 0) is 18.7 Å². The molecule has 0 aliphatic carbocycles. The van der Waals surface area contributed by atoms with Crippen LogP contribution in [0.5, 0.6) is 0 Å². The summed E-state index contributed by atoms with van der Waals surface area (Å²) in [6.07, 6.45) is 6.42. The van der Waals surface area contributed by atoms with Crippen molar-refractivity contribution in [2.24, 2.45) is 10.7 Å². The van der Waals surface area contributed by atoms with Crippen molar-refractivity contribution in [2.45, 2.75) is 18.9 Å². The third-order valence-corrected chi connectivity index (χ3v) is 4.16. The number of nitrogens with two attached hydrogens (primary N) is 1. The average Bonchev–Trinajstić information content (AvgIpc) is 3.20. The second kappa shape index (κ2) is 13.0. The Balaban J connectivity index is 0.00000450. The molecule has 1 aliphatic heterocycles. The smallest absolute Gasteiger partial charge is 0.570 e. The first kappa shape index (κ1) is 25.7. The van der Waals surface area contributed by atoms with Gasteiger partial charge in [0.05, 0.1) is 19.8 Å². The second-order valence-corrected chi connectivity index (χ2v) is 6.14. The predicted octanol–water partition coefficient (Wildman–Crippen LogP) is -0.945. The van der Waals surface area contributed by atoms with Crippen LogP contribution in [0.4, 0.5) is 0 Å². The number of amides is 1. The molecule has 1 aliphatic rings. The number of nitrogens with one attached hydrogen (secondary N) is 1. The van der Waals surface area contributed by atoms with Crippen molar-refractivity contribution in [1.82, 2.24) is 20.4 Å². The van der Waals surface area contributed by atoms with Crippen molar-refractivity contribution in [2.75, 3.05) is 40.4 Å². The summed E-state index contributed by atoms with van der Waals surface area (Å²) >= 11 is 0. The Bertz CT molecular complexity index is 788. The molecule has 2 rings (SSSR count). The number of hydrogen-bond acceptors (Lipinski definition) is 9. The summed E-state index contributed by atoms with van der Waals surface area (Å²) in [6, 6.07) is 1.63. The molecule has 162 valence electrons. The number of aliphatic imine (C=N–C) groups is 1. The van der Waals surface area contributed by atoms with E-state index in [0.29, 0.717) is 37.3 Å². The Kier molecular flexibility index (Phi) is 11.2. The van der Waals surface area contributed by atoms with Crippen molar-refractivity contribution in [3.63, 3.8) is 0 Å². The normalized spacial score (nSPS) is 16.4. The number of carboxylic acid groups (broad SMARTS) is 1. The summed E-state index contributed by atoms with van der Waals surface area (Å²) in [7, 11) is 2.98. The van der Waals surface area contributed by atoms with Gasteiger partial charge in [-0.1, -0.05) is 24.6 Å². The fourth-order valence-corrected chi connectivity index (χ4v) is 2.67. The van der Waals surface area contributed by atoms with Gasteiger partial charge in [0, 0.05) is 20.2 Å². The zero-order valence-corrected chi connectivity index (χ0v) is 19.7. The fraction of sp³-hybridized carbons (Fsp3) is 0.500. The summed E-state index contributed by atoms with van der Waals surface area (Å²) in [6.45, 7) is 1.11. The van der Waals surface area contributed by atoms with E-state index in [4.69, 9.17) is 20.3 Å². The molecule has 0 radical (unpaired) electrons. The molecule has 0 bridgehead atoms. The molecule has 4 N–H and O–H groups in total. The zero-order chi connectivity index (χ0) is 21.2. The van der Waals surface area contributed by atoms with Crippen LogP contribution in [-0.4, -0.2) is 84.8 Å². The first-order valence-corrected chi connectivity index (χ1v) is 8.95. The SMILES string of the molecule is COC(=[C-]NCC(=O)O)N=[C-]c1nnc(C(=O)N2CCC(OC)C2)cc1CCN.[W+2]. The molecule has 1 fully saturated rings. The van der Waals surface area contributed by atoms with Crippen molar-refractivity contribution in [3.8, 4) is 0 Å². The van der Waals surface area contributed by atoms with E-state index in [9.17, 15) is 9.59 Å². The number of rotatable bonds is 10. The maximum atomic E-state index is 12.7. The van der Waals surface area contributed by atoms with Gasteiger partial charge >= 0.3 is 27.0 Å². The number of carbonyl (C=O) groups excluding carboxylic acids is 1. The summed E-state index contributed by atoms with van der Waals surface area (Å²) in [5.74, 6) is -1.29. The molecule has 1 amide bonds. The van der Waals surface area contributed by atoms with Crippen LogP contribution in [0.1, 0.15) is 28.2 Å². The van der Waals surface area contributed by atoms with Gasteiger partial charge in [0.15, 0.2) is 0 Å². The molecule has 0 saturated carbocycles. The first-order valence-electron chi connectivity index (χ1n) is 8.95. The molecule has 12 heteroatoms. The molecule has 2 heterocycles. The van der Waals surface area contributed by atoms with Crippen LogP contribution in [0.25, 0.3) is 0 Å². The van der Waals surface area contributed by atoms with E-state index < -0.39 is 5.97 Å². The van der Waals surface area contributed by atoms with Crippen LogP contribution >= 0.6 is 0 Å². The molecule has 1 aromatic rings. The third kappa shape index (κ3) is 7.47. The number of aliphatic carboxylic acids is 1. The maximum absolute atomic E-state index is 12.7. The van der Waals surface area contributed by atoms with Crippen molar-refractivity contribution >= 4 is 18.1 Å². The van der Waals surface area contributed by atoms with E-state index in [1.165, 1.54) is 7.11 Å². The van der Waals surface area contributed by atoms with Crippen LogP contribution in [0.2, 0.25) is 0 Å². The predicted molar refractivity (Wildman–Crippen MR) is 102 cm³/mol. The van der Waals surface area contributed by atoms with Gasteiger partial charge in [-0.3, -0.25) is 9.59 Å². The summed E-state index contributed by atoms with van der Waals surface area (Å²) in [5, 5.41) is 19.1. The number of hydrogen-bond donors (Lipinski definition) is 3. The van der Waals surface area contributed by atoms with Crippen molar-refractivity contribution in [1.29, 1.82) is 0 Å². The molecule has 30 heavy (non-hydrogen) atoms. The summed E-state index contributed by atoms with van der Waals surface area (Å²) in [5.41, 5.74) is 6.84. The number of carboxylic acids is 1. The first-order chi connectivity index (χ1) is 14.0. The second-order valence-electron chi connectivity index (χ2n) is 6.14. The van der Waals surface area contributed by atoms with Gasteiger partial charge in [0.1, 0.15) is 5.69 Å². The molecule has 1 unspecified atom stereocenters. The Morgan fingerprint density at radius 1 is 1.43 bits per heavy atom. The van der Waals surface area contributed by atoms with E-state index in [1.807, 2.05) is 0 Å². The molecule has 1 atom stereocenters.